The lowest BCUT2D eigenvalue weighted by molar-refractivity contribution is -0.151. The lowest BCUT2D eigenvalue weighted by Crippen LogP contribution is -2.48. The molecule has 0 amide bonds. The number of carbonyl (C=O) groups is 1. The number of rotatable bonds is 9. The maximum atomic E-state index is 12.4. The third-order valence-corrected chi connectivity index (χ3v) is 9.55. The van der Waals surface area contributed by atoms with Crippen molar-refractivity contribution in [3.8, 4) is 0 Å². The first-order valence-corrected chi connectivity index (χ1v) is 12.1. The summed E-state index contributed by atoms with van der Waals surface area (Å²) in [6.07, 6.45) is -0.178. The van der Waals surface area contributed by atoms with Gasteiger partial charge in [-0.25, -0.2) is 0 Å². The molecule has 0 bridgehead atoms. The number of esters is 1. The second kappa shape index (κ2) is 9.50. The summed E-state index contributed by atoms with van der Waals surface area (Å²) in [5, 5.41) is 3.49. The van der Waals surface area contributed by atoms with E-state index in [4.69, 9.17) is 9.16 Å². The highest BCUT2D eigenvalue weighted by atomic mass is 28.4. The fourth-order valence-electron chi connectivity index (χ4n) is 2.38. The molecule has 0 heterocycles. The topological polar surface area (TPSA) is 47.6 Å². The van der Waals surface area contributed by atoms with Crippen molar-refractivity contribution in [2.45, 2.75) is 65.4 Å². The fraction of sp³-hybridized carbons (Fsp3) is 0.650. The Hall–Kier alpha value is -1.17. The average Bonchev–Trinajstić information content (AvgIpc) is 2.51. The summed E-state index contributed by atoms with van der Waals surface area (Å²) >= 11 is 0. The van der Waals surface area contributed by atoms with E-state index in [1.165, 1.54) is 5.56 Å². The molecule has 142 valence electrons. The fourth-order valence-corrected chi connectivity index (χ4v) is 3.83. The first-order valence-electron chi connectivity index (χ1n) is 9.17. The van der Waals surface area contributed by atoms with Gasteiger partial charge in [0.15, 0.2) is 8.32 Å². The van der Waals surface area contributed by atoms with Crippen molar-refractivity contribution in [3.05, 3.63) is 35.9 Å². The third-order valence-electron chi connectivity index (χ3n) is 4.98. The van der Waals surface area contributed by atoms with Crippen LogP contribution in [-0.2, 0) is 20.5 Å². The van der Waals surface area contributed by atoms with Gasteiger partial charge in [-0.05, 0) is 37.5 Å². The Morgan fingerprint density at radius 3 is 2.32 bits per heavy atom. The number of hydrogen-bond donors (Lipinski definition) is 1. The molecule has 0 aliphatic carbocycles. The molecule has 0 aliphatic heterocycles. The Kier molecular flexibility index (Phi) is 8.31. The molecule has 2 atom stereocenters. The molecule has 2 unspecified atom stereocenters. The molecule has 5 heteroatoms. The molecule has 0 spiro atoms. The molecule has 0 aromatic heterocycles. The zero-order chi connectivity index (χ0) is 19.1. The number of carbonyl (C=O) groups excluding carboxylic acids is 1. The van der Waals surface area contributed by atoms with Crippen LogP contribution in [0.3, 0.4) is 0 Å². The van der Waals surface area contributed by atoms with Crippen molar-refractivity contribution in [1.29, 1.82) is 0 Å². The van der Waals surface area contributed by atoms with Crippen molar-refractivity contribution in [1.82, 2.24) is 5.32 Å². The quantitative estimate of drug-likeness (QED) is 0.521. The maximum absolute atomic E-state index is 12.4. The predicted octanol–water partition coefficient (Wildman–Crippen LogP) is 4.37. The number of hydrogen-bond acceptors (Lipinski definition) is 4. The van der Waals surface area contributed by atoms with Crippen molar-refractivity contribution in [3.63, 3.8) is 0 Å². The monoisotopic (exact) mass is 365 g/mol. The second-order valence-corrected chi connectivity index (χ2v) is 12.8. The highest BCUT2D eigenvalue weighted by molar-refractivity contribution is 6.74. The lowest BCUT2D eigenvalue weighted by Gasteiger charge is -2.40. The Labute approximate surface area is 154 Å². The highest BCUT2D eigenvalue weighted by Crippen LogP contribution is 2.38. The van der Waals surface area contributed by atoms with Gasteiger partial charge in [0.1, 0.15) is 0 Å². The van der Waals surface area contributed by atoms with Gasteiger partial charge in [0, 0.05) is 13.1 Å². The van der Waals surface area contributed by atoms with E-state index >= 15 is 0 Å². The summed E-state index contributed by atoms with van der Waals surface area (Å²) in [5.74, 6) is -0.493. The molecular formula is C20H35NO3Si. The predicted molar refractivity (Wildman–Crippen MR) is 106 cm³/mol. The Morgan fingerprint density at radius 1 is 1.20 bits per heavy atom. The van der Waals surface area contributed by atoms with Gasteiger partial charge < -0.3 is 14.5 Å². The van der Waals surface area contributed by atoms with Gasteiger partial charge in [-0.15, -0.1) is 0 Å². The molecule has 0 fully saturated rings. The molecule has 1 aromatic rings. The largest absolute Gasteiger partial charge is 0.466 e. The molecule has 0 radical (unpaired) electrons. The summed E-state index contributed by atoms with van der Waals surface area (Å²) in [6, 6.07) is 10.2. The van der Waals surface area contributed by atoms with Crippen molar-refractivity contribution >= 4 is 14.3 Å². The minimum absolute atomic E-state index is 0.109. The average molecular weight is 366 g/mol. The summed E-state index contributed by atoms with van der Waals surface area (Å²) in [5.41, 5.74) is 1.20. The SMILES string of the molecule is CCOC(=O)C(CNCc1ccccc1)C(C)O[Si](C)(C)C(C)(C)C. The second-order valence-electron chi connectivity index (χ2n) is 8.06. The lowest BCUT2D eigenvalue weighted by atomic mass is 10.0. The Balaban J connectivity index is 2.73. The molecule has 0 saturated carbocycles. The molecule has 1 rings (SSSR count). The zero-order valence-corrected chi connectivity index (χ0v) is 17.9. The van der Waals surface area contributed by atoms with E-state index in [9.17, 15) is 4.79 Å². The number of ether oxygens (including phenoxy) is 1. The standard InChI is InChI=1S/C20H35NO3Si/c1-8-23-19(22)18(15-21-14-17-12-10-9-11-13-17)16(2)24-25(6,7)20(3,4)5/h9-13,16,18,21H,8,14-15H2,1-7H3. The molecule has 1 N–H and O–H groups in total. The maximum Gasteiger partial charge on any atom is 0.312 e. The van der Waals surface area contributed by atoms with Crippen molar-refractivity contribution in [2.75, 3.05) is 13.2 Å². The van der Waals surface area contributed by atoms with Crippen molar-refractivity contribution in [2.24, 2.45) is 5.92 Å². The van der Waals surface area contributed by atoms with Crippen LogP contribution in [0.1, 0.15) is 40.2 Å². The van der Waals surface area contributed by atoms with Crippen LogP contribution in [-0.4, -0.2) is 33.5 Å². The Bertz CT molecular complexity index is 525. The summed E-state index contributed by atoms with van der Waals surface area (Å²) in [4.78, 5) is 12.4. The van der Waals surface area contributed by atoms with Crippen LogP contribution in [0.25, 0.3) is 0 Å². The zero-order valence-electron chi connectivity index (χ0n) is 16.9. The highest BCUT2D eigenvalue weighted by Gasteiger charge is 2.41. The molecule has 25 heavy (non-hydrogen) atoms. The van der Waals surface area contributed by atoms with E-state index in [2.05, 4.69) is 51.3 Å². The van der Waals surface area contributed by atoms with E-state index in [1.807, 2.05) is 32.0 Å². The van der Waals surface area contributed by atoms with Crippen LogP contribution < -0.4 is 5.32 Å². The summed E-state index contributed by atoms with van der Waals surface area (Å²) in [6.45, 7) is 16.5. The summed E-state index contributed by atoms with van der Waals surface area (Å²) in [7, 11) is -1.94. The van der Waals surface area contributed by atoms with Gasteiger partial charge in [0.25, 0.3) is 0 Å². The Morgan fingerprint density at radius 2 is 1.80 bits per heavy atom. The first kappa shape index (κ1) is 21.9. The van der Waals surface area contributed by atoms with Crippen LogP contribution in [0.5, 0.6) is 0 Å². The normalized spacial score (nSPS) is 14.8. The van der Waals surface area contributed by atoms with E-state index in [-0.39, 0.29) is 23.0 Å². The van der Waals surface area contributed by atoms with Crippen LogP contribution in [0.2, 0.25) is 18.1 Å². The molecule has 0 saturated heterocycles. The van der Waals surface area contributed by atoms with E-state index in [0.29, 0.717) is 13.2 Å². The first-order chi connectivity index (χ1) is 11.6. The minimum atomic E-state index is -1.94. The van der Waals surface area contributed by atoms with Gasteiger partial charge in [-0.3, -0.25) is 4.79 Å². The van der Waals surface area contributed by atoms with Crippen LogP contribution in [0.15, 0.2) is 30.3 Å². The number of benzene rings is 1. The molecule has 0 aliphatic rings. The van der Waals surface area contributed by atoms with Gasteiger partial charge in [-0.1, -0.05) is 51.1 Å². The number of nitrogens with one attached hydrogen (secondary N) is 1. The van der Waals surface area contributed by atoms with Crippen LogP contribution in [0, 0.1) is 5.92 Å². The van der Waals surface area contributed by atoms with Gasteiger partial charge in [0.2, 0.25) is 0 Å². The van der Waals surface area contributed by atoms with E-state index in [0.717, 1.165) is 6.54 Å². The van der Waals surface area contributed by atoms with Gasteiger partial charge in [-0.2, -0.15) is 0 Å². The third kappa shape index (κ3) is 6.92. The van der Waals surface area contributed by atoms with Crippen LogP contribution >= 0.6 is 0 Å². The smallest absolute Gasteiger partial charge is 0.312 e. The summed E-state index contributed by atoms with van der Waals surface area (Å²) < 4.78 is 11.7. The van der Waals surface area contributed by atoms with Gasteiger partial charge in [0.05, 0.1) is 18.6 Å². The van der Waals surface area contributed by atoms with Crippen molar-refractivity contribution < 1.29 is 14.0 Å². The van der Waals surface area contributed by atoms with Crippen LogP contribution in [0.4, 0.5) is 0 Å². The molecule has 1 aromatic carbocycles. The van der Waals surface area contributed by atoms with E-state index in [1.54, 1.807) is 0 Å². The van der Waals surface area contributed by atoms with Gasteiger partial charge >= 0.3 is 5.97 Å². The molecular weight excluding hydrogens is 330 g/mol. The van der Waals surface area contributed by atoms with E-state index < -0.39 is 8.32 Å². The minimum Gasteiger partial charge on any atom is -0.466 e. The molecule has 4 nitrogen and oxygen atoms in total.